The summed E-state index contributed by atoms with van der Waals surface area (Å²) in [6, 6.07) is 1.53. The van der Waals surface area contributed by atoms with Gasteiger partial charge in [-0.25, -0.2) is 4.39 Å². The van der Waals surface area contributed by atoms with E-state index in [4.69, 9.17) is 5.73 Å². The smallest absolute Gasteiger partial charge is 0.296 e. The van der Waals surface area contributed by atoms with Gasteiger partial charge in [0, 0.05) is 18.6 Å². The highest BCUT2D eigenvalue weighted by Gasteiger charge is 2.22. The molecule has 0 radical (unpaired) electrons. The summed E-state index contributed by atoms with van der Waals surface area (Å²) in [5, 5.41) is 12.6. The molecule has 0 fully saturated rings. The first-order valence-electron chi connectivity index (χ1n) is 4.38. The van der Waals surface area contributed by atoms with Crippen LogP contribution in [0.3, 0.4) is 0 Å². The number of nitrogens with zero attached hydrogens (tertiary/aromatic N) is 1. The van der Waals surface area contributed by atoms with Gasteiger partial charge in [-0.05, 0) is 6.07 Å². The number of anilines is 1. The van der Waals surface area contributed by atoms with E-state index in [1.807, 2.05) is 5.32 Å². The molecule has 0 saturated heterocycles. The third-order valence-corrected chi connectivity index (χ3v) is 1.85. The van der Waals surface area contributed by atoms with E-state index >= 15 is 0 Å². The number of benzene rings is 1. The Hall–Kier alpha value is -2.51. The van der Waals surface area contributed by atoms with Crippen molar-refractivity contribution >= 4 is 23.2 Å². The highest BCUT2D eigenvalue weighted by Crippen LogP contribution is 2.28. The van der Waals surface area contributed by atoms with Gasteiger partial charge in [-0.1, -0.05) is 0 Å². The molecule has 17 heavy (non-hydrogen) atoms. The number of rotatable bonds is 3. The summed E-state index contributed by atoms with van der Waals surface area (Å²) in [7, 11) is 0. The molecule has 0 unspecified atom stereocenters. The molecule has 90 valence electrons. The van der Waals surface area contributed by atoms with Crippen molar-refractivity contribution in [3.05, 3.63) is 33.6 Å². The fourth-order valence-corrected chi connectivity index (χ4v) is 1.18. The standard InChI is InChI=1S/C9H8FN3O4/c1-4(14)12-8-6(10)2-5(9(11)15)3-7(8)13(16)17/h2-3H,1H3,(H2,11,15)(H,12,14). The summed E-state index contributed by atoms with van der Waals surface area (Å²) in [5.41, 5.74) is 3.23. The fraction of sp³-hybridized carbons (Fsp3) is 0.111. The molecule has 0 atom stereocenters. The SMILES string of the molecule is CC(=O)Nc1c(F)cc(C(N)=O)cc1[N+](=O)[O-]. The lowest BCUT2D eigenvalue weighted by molar-refractivity contribution is -0.384. The average molecular weight is 241 g/mol. The van der Waals surface area contributed by atoms with E-state index in [0.717, 1.165) is 19.1 Å². The first kappa shape index (κ1) is 12.6. The third-order valence-electron chi connectivity index (χ3n) is 1.85. The zero-order valence-electron chi connectivity index (χ0n) is 8.69. The molecule has 0 aromatic heterocycles. The summed E-state index contributed by atoms with van der Waals surface area (Å²) in [5.74, 6) is -2.76. The monoisotopic (exact) mass is 241 g/mol. The van der Waals surface area contributed by atoms with E-state index in [2.05, 4.69) is 0 Å². The van der Waals surface area contributed by atoms with Crippen molar-refractivity contribution in [1.82, 2.24) is 0 Å². The third kappa shape index (κ3) is 2.74. The fourth-order valence-electron chi connectivity index (χ4n) is 1.18. The molecule has 8 heteroatoms. The van der Waals surface area contributed by atoms with E-state index in [9.17, 15) is 24.1 Å². The van der Waals surface area contributed by atoms with Crippen LogP contribution in [0, 0.1) is 15.9 Å². The van der Waals surface area contributed by atoms with Gasteiger partial charge in [0.1, 0.15) is 0 Å². The molecule has 0 aliphatic rings. The van der Waals surface area contributed by atoms with E-state index in [1.165, 1.54) is 0 Å². The Morgan fingerprint density at radius 1 is 1.47 bits per heavy atom. The Bertz CT molecular complexity index is 515. The number of nitrogens with two attached hydrogens (primary N) is 1. The number of primary amides is 1. The van der Waals surface area contributed by atoms with Crippen LogP contribution in [0.2, 0.25) is 0 Å². The normalized spacial score (nSPS) is 9.76. The van der Waals surface area contributed by atoms with Crippen LogP contribution >= 0.6 is 0 Å². The molecule has 1 aromatic rings. The predicted molar refractivity (Wildman–Crippen MR) is 55.9 cm³/mol. The Balaban J connectivity index is 3.43. The van der Waals surface area contributed by atoms with E-state index in [1.54, 1.807) is 0 Å². The minimum absolute atomic E-state index is 0.344. The number of hydrogen-bond donors (Lipinski definition) is 2. The first-order valence-corrected chi connectivity index (χ1v) is 4.38. The molecule has 0 bridgehead atoms. The molecule has 0 heterocycles. The molecular formula is C9H8FN3O4. The Kier molecular flexibility index (Phi) is 3.37. The van der Waals surface area contributed by atoms with Gasteiger partial charge in [0.15, 0.2) is 11.5 Å². The molecular weight excluding hydrogens is 233 g/mol. The lowest BCUT2D eigenvalue weighted by Crippen LogP contribution is -2.14. The zero-order chi connectivity index (χ0) is 13.2. The van der Waals surface area contributed by atoms with Crippen LogP contribution in [0.1, 0.15) is 17.3 Å². The molecule has 0 aliphatic heterocycles. The van der Waals surface area contributed by atoms with Gasteiger partial charge >= 0.3 is 0 Å². The molecule has 0 spiro atoms. The van der Waals surface area contributed by atoms with Crippen molar-refractivity contribution in [2.75, 3.05) is 5.32 Å². The minimum Gasteiger partial charge on any atom is -0.366 e. The second-order valence-electron chi connectivity index (χ2n) is 3.15. The first-order chi connectivity index (χ1) is 7.82. The molecule has 1 rings (SSSR count). The maximum Gasteiger partial charge on any atom is 0.296 e. The van der Waals surface area contributed by atoms with Crippen LogP contribution < -0.4 is 11.1 Å². The van der Waals surface area contributed by atoms with Gasteiger partial charge in [0.2, 0.25) is 11.8 Å². The van der Waals surface area contributed by atoms with Crippen LogP contribution in [0.4, 0.5) is 15.8 Å². The Morgan fingerprint density at radius 2 is 2.06 bits per heavy atom. The van der Waals surface area contributed by atoms with Crippen molar-refractivity contribution in [2.24, 2.45) is 5.73 Å². The van der Waals surface area contributed by atoms with Gasteiger partial charge in [-0.2, -0.15) is 0 Å². The quantitative estimate of drug-likeness (QED) is 0.601. The van der Waals surface area contributed by atoms with Crippen LogP contribution in [-0.2, 0) is 4.79 Å². The van der Waals surface area contributed by atoms with Crippen molar-refractivity contribution in [3.63, 3.8) is 0 Å². The zero-order valence-corrected chi connectivity index (χ0v) is 8.69. The van der Waals surface area contributed by atoms with Gasteiger partial charge in [-0.3, -0.25) is 19.7 Å². The Labute approximate surface area is 94.6 Å². The number of nitrogens with one attached hydrogen (secondary N) is 1. The molecule has 2 amide bonds. The van der Waals surface area contributed by atoms with E-state index < -0.39 is 33.9 Å². The van der Waals surface area contributed by atoms with Crippen molar-refractivity contribution in [2.45, 2.75) is 6.92 Å². The minimum atomic E-state index is -1.09. The van der Waals surface area contributed by atoms with Crippen LogP contribution in [0.15, 0.2) is 12.1 Å². The lowest BCUT2D eigenvalue weighted by atomic mass is 10.1. The molecule has 7 nitrogen and oxygen atoms in total. The number of nitro benzene ring substituents is 1. The van der Waals surface area contributed by atoms with Gasteiger partial charge < -0.3 is 11.1 Å². The summed E-state index contributed by atoms with van der Waals surface area (Å²) in [6.45, 7) is 1.07. The average Bonchev–Trinajstić information content (AvgIpc) is 2.19. The van der Waals surface area contributed by atoms with Crippen molar-refractivity contribution < 1.29 is 18.9 Å². The second kappa shape index (κ2) is 4.56. The van der Waals surface area contributed by atoms with E-state index in [0.29, 0.717) is 0 Å². The van der Waals surface area contributed by atoms with Crippen LogP contribution in [-0.4, -0.2) is 16.7 Å². The molecule has 3 N–H and O–H groups in total. The van der Waals surface area contributed by atoms with Crippen molar-refractivity contribution in [3.8, 4) is 0 Å². The number of carbonyl (C=O) groups is 2. The van der Waals surface area contributed by atoms with Crippen molar-refractivity contribution in [1.29, 1.82) is 0 Å². The van der Waals surface area contributed by atoms with Gasteiger partial charge in [0.05, 0.1) is 4.92 Å². The molecule has 0 saturated carbocycles. The van der Waals surface area contributed by atoms with Crippen LogP contribution in [0.5, 0.6) is 0 Å². The molecule has 1 aromatic carbocycles. The predicted octanol–water partition coefficient (Wildman–Crippen LogP) is 0.791. The second-order valence-corrected chi connectivity index (χ2v) is 3.15. The topological polar surface area (TPSA) is 115 Å². The number of halogens is 1. The largest absolute Gasteiger partial charge is 0.366 e. The highest BCUT2D eigenvalue weighted by atomic mass is 19.1. The number of hydrogen-bond acceptors (Lipinski definition) is 4. The van der Waals surface area contributed by atoms with Gasteiger partial charge in [-0.15, -0.1) is 0 Å². The number of carbonyl (C=O) groups excluding carboxylic acids is 2. The maximum atomic E-state index is 13.5. The van der Waals surface area contributed by atoms with Gasteiger partial charge in [0.25, 0.3) is 5.69 Å². The summed E-state index contributed by atoms with van der Waals surface area (Å²) >= 11 is 0. The maximum absolute atomic E-state index is 13.5. The summed E-state index contributed by atoms with van der Waals surface area (Å²) < 4.78 is 13.5. The van der Waals surface area contributed by atoms with Crippen LogP contribution in [0.25, 0.3) is 0 Å². The summed E-state index contributed by atoms with van der Waals surface area (Å²) in [4.78, 5) is 31.3. The van der Waals surface area contributed by atoms with E-state index in [-0.39, 0.29) is 5.56 Å². The lowest BCUT2D eigenvalue weighted by Gasteiger charge is -2.06. The highest BCUT2D eigenvalue weighted by molar-refractivity contribution is 5.97. The summed E-state index contributed by atoms with van der Waals surface area (Å²) in [6.07, 6.45) is 0. The molecule has 0 aliphatic carbocycles. The number of nitro groups is 1. The number of amides is 2. The Morgan fingerprint density at radius 3 is 2.47 bits per heavy atom.